The number of hydrogen-bond acceptors (Lipinski definition) is 2. The highest BCUT2D eigenvalue weighted by Gasteiger charge is 2.50. The predicted molar refractivity (Wildman–Crippen MR) is 132 cm³/mol. The van der Waals surface area contributed by atoms with Gasteiger partial charge in [0.2, 0.25) is 0 Å². The number of anilines is 2. The summed E-state index contributed by atoms with van der Waals surface area (Å²) in [7, 11) is 0. The van der Waals surface area contributed by atoms with Crippen molar-refractivity contribution >= 4 is 11.4 Å². The molecular formula is C31H20NO. The smallest absolute Gasteiger partial charge is 0.132 e. The van der Waals surface area contributed by atoms with Gasteiger partial charge in [0.05, 0.1) is 5.41 Å². The van der Waals surface area contributed by atoms with E-state index in [-0.39, 0.29) is 0 Å². The Morgan fingerprint density at radius 2 is 1.18 bits per heavy atom. The van der Waals surface area contributed by atoms with Crippen LogP contribution in [0.15, 0.2) is 115 Å². The fourth-order valence-corrected chi connectivity index (χ4v) is 5.62. The average Bonchev–Trinajstić information content (AvgIpc) is 2.89. The van der Waals surface area contributed by atoms with Crippen LogP contribution in [0.3, 0.4) is 0 Å². The Bertz CT molecular complexity index is 1420. The number of hydrogen-bond donors (Lipinski definition) is 1. The van der Waals surface area contributed by atoms with Crippen LogP contribution >= 0.6 is 0 Å². The van der Waals surface area contributed by atoms with Crippen LogP contribution in [0, 0.1) is 6.07 Å². The summed E-state index contributed by atoms with van der Waals surface area (Å²) < 4.78 is 6.46. The van der Waals surface area contributed by atoms with E-state index in [1.807, 2.05) is 24.3 Å². The molecule has 0 aromatic heterocycles. The molecule has 1 radical (unpaired) electrons. The van der Waals surface area contributed by atoms with E-state index in [1.165, 1.54) is 22.3 Å². The molecule has 5 aromatic carbocycles. The van der Waals surface area contributed by atoms with E-state index in [0.717, 1.165) is 34.0 Å². The standard InChI is InChI=1S/C31H20NO/c1-2-11-21(12-3-1)22-13-10-18-27-30(22)31(23-14-4-7-17-26(23)32-27)24-15-5-8-19-28(24)33-29-20-9-6-16-25(29)31/h2-20,32H. The molecule has 0 saturated carbocycles. The van der Waals surface area contributed by atoms with E-state index in [0.29, 0.717) is 0 Å². The van der Waals surface area contributed by atoms with E-state index in [1.54, 1.807) is 0 Å². The van der Waals surface area contributed by atoms with Crippen molar-refractivity contribution in [3.63, 3.8) is 0 Å². The van der Waals surface area contributed by atoms with Crippen molar-refractivity contribution in [3.05, 3.63) is 144 Å². The van der Waals surface area contributed by atoms with Crippen molar-refractivity contribution in [1.29, 1.82) is 0 Å². The van der Waals surface area contributed by atoms with Crippen LogP contribution in [-0.2, 0) is 5.41 Å². The van der Waals surface area contributed by atoms with Gasteiger partial charge in [0, 0.05) is 28.1 Å². The van der Waals surface area contributed by atoms with E-state index in [9.17, 15) is 0 Å². The zero-order chi connectivity index (χ0) is 21.8. The van der Waals surface area contributed by atoms with Crippen LogP contribution in [0.1, 0.15) is 22.3 Å². The normalized spacial score (nSPS) is 14.2. The molecule has 2 nitrogen and oxygen atoms in total. The molecule has 2 aliphatic rings. The summed E-state index contributed by atoms with van der Waals surface area (Å²) in [6.07, 6.45) is 0. The zero-order valence-corrected chi connectivity index (χ0v) is 17.9. The van der Waals surface area contributed by atoms with Crippen molar-refractivity contribution < 1.29 is 4.74 Å². The molecule has 0 bridgehead atoms. The lowest BCUT2D eigenvalue weighted by molar-refractivity contribution is 0.434. The second-order valence-electron chi connectivity index (χ2n) is 8.53. The molecule has 2 heteroatoms. The molecule has 0 aliphatic carbocycles. The highest BCUT2D eigenvalue weighted by atomic mass is 16.5. The van der Waals surface area contributed by atoms with Gasteiger partial charge >= 0.3 is 0 Å². The maximum Gasteiger partial charge on any atom is 0.132 e. The van der Waals surface area contributed by atoms with Crippen LogP contribution in [-0.4, -0.2) is 0 Å². The minimum absolute atomic E-state index is 0.515. The van der Waals surface area contributed by atoms with Crippen LogP contribution in [0.25, 0.3) is 11.1 Å². The highest BCUT2D eigenvalue weighted by Crippen LogP contribution is 2.61. The van der Waals surface area contributed by atoms with Gasteiger partial charge in [0.1, 0.15) is 11.5 Å². The number of rotatable bonds is 1. The average molecular weight is 423 g/mol. The molecule has 33 heavy (non-hydrogen) atoms. The van der Waals surface area contributed by atoms with E-state index in [4.69, 9.17) is 4.74 Å². The lowest BCUT2D eigenvalue weighted by Crippen LogP contribution is -2.38. The van der Waals surface area contributed by atoms with Gasteiger partial charge in [-0.2, -0.15) is 0 Å². The Balaban J connectivity index is 1.71. The van der Waals surface area contributed by atoms with Crippen molar-refractivity contribution in [2.75, 3.05) is 5.32 Å². The molecule has 0 atom stereocenters. The maximum absolute atomic E-state index is 6.46. The minimum Gasteiger partial charge on any atom is -0.457 e. The first-order chi connectivity index (χ1) is 16.4. The maximum atomic E-state index is 6.46. The van der Waals surface area contributed by atoms with Gasteiger partial charge in [-0.15, -0.1) is 0 Å². The molecule has 7 rings (SSSR count). The van der Waals surface area contributed by atoms with E-state index in [2.05, 4.69) is 102 Å². The van der Waals surface area contributed by atoms with Crippen LogP contribution in [0.5, 0.6) is 11.5 Å². The highest BCUT2D eigenvalue weighted by molar-refractivity contribution is 5.90. The quantitative estimate of drug-likeness (QED) is 0.293. The van der Waals surface area contributed by atoms with Crippen molar-refractivity contribution in [3.8, 4) is 22.6 Å². The van der Waals surface area contributed by atoms with Gasteiger partial charge in [0.15, 0.2) is 0 Å². The van der Waals surface area contributed by atoms with Crippen LogP contribution < -0.4 is 10.1 Å². The monoisotopic (exact) mass is 422 g/mol. The largest absolute Gasteiger partial charge is 0.457 e. The fraction of sp³-hybridized carbons (Fsp3) is 0.0323. The number of ether oxygens (including phenoxy) is 1. The number of benzene rings is 5. The van der Waals surface area contributed by atoms with Crippen LogP contribution in [0.4, 0.5) is 11.4 Å². The Kier molecular flexibility index (Phi) is 3.80. The summed E-state index contributed by atoms with van der Waals surface area (Å²) in [6.45, 7) is 0. The SMILES string of the molecule is [c]1ccc(-c2cccc3c2C2(c4ccccc4N3)c3ccccc3Oc3ccccc32)cc1. The summed E-state index contributed by atoms with van der Waals surface area (Å²) in [6, 6.07) is 43.5. The molecule has 0 amide bonds. The zero-order valence-electron chi connectivity index (χ0n) is 17.9. The number of fused-ring (bicyclic) bond motifs is 8. The Morgan fingerprint density at radius 1 is 0.576 bits per heavy atom. The molecule has 1 N–H and O–H groups in total. The summed E-state index contributed by atoms with van der Waals surface area (Å²) in [5.74, 6) is 1.80. The first-order valence-corrected chi connectivity index (χ1v) is 11.2. The molecule has 0 fully saturated rings. The van der Waals surface area contributed by atoms with E-state index < -0.39 is 5.41 Å². The summed E-state index contributed by atoms with van der Waals surface area (Å²) in [4.78, 5) is 0. The van der Waals surface area contributed by atoms with Crippen LogP contribution in [0.2, 0.25) is 0 Å². The molecule has 1 spiro atoms. The third kappa shape index (κ3) is 2.43. The van der Waals surface area contributed by atoms with Gasteiger partial charge in [-0.25, -0.2) is 0 Å². The molecule has 2 heterocycles. The molecule has 5 aromatic rings. The van der Waals surface area contributed by atoms with Gasteiger partial charge in [-0.1, -0.05) is 91.0 Å². The summed E-state index contributed by atoms with van der Waals surface area (Å²) >= 11 is 0. The minimum atomic E-state index is -0.515. The van der Waals surface area contributed by atoms with Gasteiger partial charge in [-0.3, -0.25) is 0 Å². The fourth-order valence-electron chi connectivity index (χ4n) is 5.62. The molecule has 0 unspecified atom stereocenters. The first kappa shape index (κ1) is 18.3. The number of nitrogens with one attached hydrogen (secondary N) is 1. The Labute approximate surface area is 193 Å². The Hall–Kier alpha value is -4.30. The third-order valence-corrected chi connectivity index (χ3v) is 6.87. The Morgan fingerprint density at radius 3 is 1.91 bits per heavy atom. The van der Waals surface area contributed by atoms with Gasteiger partial charge in [0.25, 0.3) is 0 Å². The second-order valence-corrected chi connectivity index (χ2v) is 8.53. The first-order valence-electron chi connectivity index (χ1n) is 11.2. The van der Waals surface area contributed by atoms with Crippen molar-refractivity contribution in [2.24, 2.45) is 0 Å². The van der Waals surface area contributed by atoms with Gasteiger partial charge in [-0.05, 0) is 47.0 Å². The summed E-state index contributed by atoms with van der Waals surface area (Å²) in [5, 5.41) is 3.74. The van der Waals surface area contributed by atoms with Crippen molar-refractivity contribution in [1.82, 2.24) is 0 Å². The topological polar surface area (TPSA) is 21.3 Å². The molecular weight excluding hydrogens is 402 g/mol. The predicted octanol–water partition coefficient (Wildman–Crippen LogP) is 7.70. The number of para-hydroxylation sites is 3. The molecule has 155 valence electrons. The molecule has 0 saturated heterocycles. The third-order valence-electron chi connectivity index (χ3n) is 6.87. The lowest BCUT2D eigenvalue weighted by atomic mass is 9.60. The lowest BCUT2D eigenvalue weighted by Gasteiger charge is -2.46. The van der Waals surface area contributed by atoms with Crippen molar-refractivity contribution in [2.45, 2.75) is 5.41 Å². The molecule has 2 aliphatic heterocycles. The van der Waals surface area contributed by atoms with Gasteiger partial charge < -0.3 is 10.1 Å². The van der Waals surface area contributed by atoms with E-state index >= 15 is 0 Å². The second kappa shape index (κ2) is 6.85. The summed E-state index contributed by atoms with van der Waals surface area (Å²) in [5.41, 5.74) is 8.90.